The van der Waals surface area contributed by atoms with E-state index in [1.165, 1.54) is 0 Å². The molecule has 2 nitrogen and oxygen atoms in total. The number of likely N-dealkylation sites (tertiary alicyclic amines) is 1. The van der Waals surface area contributed by atoms with E-state index in [-0.39, 0.29) is 6.23 Å². The third-order valence-electron chi connectivity index (χ3n) is 1.69. The zero-order valence-electron chi connectivity index (χ0n) is 5.46. The Morgan fingerprint density at radius 2 is 2.25 bits per heavy atom. The first-order chi connectivity index (χ1) is 3.72. The van der Waals surface area contributed by atoms with E-state index in [0.717, 1.165) is 13.0 Å². The predicted octanol–water partition coefficient (Wildman–Crippen LogP) is 0.419. The van der Waals surface area contributed by atoms with E-state index in [9.17, 15) is 0 Å². The molecule has 1 N–H and O–H groups in total. The molecule has 0 spiro atoms. The van der Waals surface area contributed by atoms with Crippen molar-refractivity contribution in [1.82, 2.24) is 4.90 Å². The summed E-state index contributed by atoms with van der Waals surface area (Å²) in [7, 11) is 0. The second kappa shape index (κ2) is 2.03. The lowest BCUT2D eigenvalue weighted by Gasteiger charge is -2.40. The summed E-state index contributed by atoms with van der Waals surface area (Å²) in [5, 5.41) is 9.00. The van der Waals surface area contributed by atoms with Crippen LogP contribution in [0.2, 0.25) is 0 Å². The minimum Gasteiger partial charge on any atom is -0.378 e. The first-order valence-corrected chi connectivity index (χ1v) is 3.15. The van der Waals surface area contributed by atoms with Crippen molar-refractivity contribution in [2.24, 2.45) is 0 Å². The van der Waals surface area contributed by atoms with Crippen LogP contribution in [0.15, 0.2) is 0 Å². The fourth-order valence-corrected chi connectivity index (χ4v) is 0.996. The third kappa shape index (κ3) is 0.858. The van der Waals surface area contributed by atoms with Crippen LogP contribution in [-0.2, 0) is 0 Å². The molecule has 2 heteroatoms. The summed E-state index contributed by atoms with van der Waals surface area (Å²) in [5.41, 5.74) is 0. The zero-order chi connectivity index (χ0) is 6.15. The highest BCUT2D eigenvalue weighted by Gasteiger charge is 2.26. The van der Waals surface area contributed by atoms with E-state index in [1.807, 2.05) is 0 Å². The fraction of sp³-hybridized carbons (Fsp3) is 1.00. The van der Waals surface area contributed by atoms with Gasteiger partial charge in [0.1, 0.15) is 6.23 Å². The average Bonchev–Trinajstić information content (AvgIpc) is 1.61. The summed E-state index contributed by atoms with van der Waals surface area (Å²) in [4.78, 5) is 2.07. The lowest BCUT2D eigenvalue weighted by atomic mass is 10.1. The summed E-state index contributed by atoms with van der Waals surface area (Å²) in [5.74, 6) is 0. The normalized spacial score (nSPS) is 30.8. The summed E-state index contributed by atoms with van der Waals surface area (Å²) in [6.45, 7) is 5.27. The van der Waals surface area contributed by atoms with Crippen LogP contribution >= 0.6 is 0 Å². The summed E-state index contributed by atoms with van der Waals surface area (Å²) < 4.78 is 0. The number of aliphatic hydroxyl groups is 1. The molecule has 1 rings (SSSR count). The number of hydrogen-bond acceptors (Lipinski definition) is 2. The van der Waals surface area contributed by atoms with Crippen molar-refractivity contribution in [3.63, 3.8) is 0 Å². The molecule has 1 aliphatic heterocycles. The molecule has 1 saturated heterocycles. The molecule has 1 atom stereocenters. The second-order valence-corrected chi connectivity index (χ2v) is 2.60. The Hall–Kier alpha value is -0.0800. The molecule has 0 bridgehead atoms. The smallest absolute Gasteiger partial charge is 0.108 e. The van der Waals surface area contributed by atoms with Crippen molar-refractivity contribution in [2.45, 2.75) is 32.5 Å². The Balaban J connectivity index is 2.26. The number of rotatable bonds is 1. The first kappa shape index (κ1) is 6.05. The minimum atomic E-state index is -0.144. The molecule has 1 unspecified atom stereocenters. The van der Waals surface area contributed by atoms with E-state index in [4.69, 9.17) is 5.11 Å². The molecule has 0 aromatic carbocycles. The van der Waals surface area contributed by atoms with Crippen LogP contribution in [0.5, 0.6) is 0 Å². The Bertz CT molecular complexity index is 77.8. The van der Waals surface area contributed by atoms with Gasteiger partial charge in [0, 0.05) is 12.6 Å². The molecule has 1 heterocycles. The van der Waals surface area contributed by atoms with Crippen LogP contribution < -0.4 is 0 Å². The molecule has 8 heavy (non-hydrogen) atoms. The standard InChI is InChI=1S/C6H13NO/c1-5(2)7-4-3-6(7)8/h5-6,8H,3-4H2,1-2H3. The fourth-order valence-electron chi connectivity index (χ4n) is 0.996. The highest BCUT2D eigenvalue weighted by atomic mass is 16.3. The molecule has 1 fully saturated rings. The van der Waals surface area contributed by atoms with E-state index in [2.05, 4.69) is 18.7 Å². The molecule has 0 amide bonds. The number of aliphatic hydroxyl groups excluding tert-OH is 1. The Morgan fingerprint density at radius 1 is 1.62 bits per heavy atom. The summed E-state index contributed by atoms with van der Waals surface area (Å²) in [6, 6.07) is 0.513. The zero-order valence-corrected chi connectivity index (χ0v) is 5.46. The monoisotopic (exact) mass is 115 g/mol. The Labute approximate surface area is 50.1 Å². The molecule has 0 aliphatic carbocycles. The molecule has 0 radical (unpaired) electrons. The predicted molar refractivity (Wildman–Crippen MR) is 32.5 cm³/mol. The minimum absolute atomic E-state index is 0.144. The molecular formula is C6H13NO. The van der Waals surface area contributed by atoms with E-state index >= 15 is 0 Å². The highest BCUT2D eigenvalue weighted by molar-refractivity contribution is 4.76. The largest absolute Gasteiger partial charge is 0.378 e. The molecule has 0 aromatic heterocycles. The van der Waals surface area contributed by atoms with E-state index in [0.29, 0.717) is 6.04 Å². The molecule has 0 saturated carbocycles. The van der Waals surface area contributed by atoms with Gasteiger partial charge in [0.15, 0.2) is 0 Å². The summed E-state index contributed by atoms with van der Waals surface area (Å²) in [6.07, 6.45) is 0.813. The molecule has 0 aromatic rings. The SMILES string of the molecule is CC(C)N1CCC1O. The average molecular weight is 115 g/mol. The molecular weight excluding hydrogens is 102 g/mol. The number of nitrogens with zero attached hydrogens (tertiary/aromatic N) is 1. The maximum Gasteiger partial charge on any atom is 0.108 e. The topological polar surface area (TPSA) is 23.5 Å². The van der Waals surface area contributed by atoms with Gasteiger partial charge in [-0.1, -0.05) is 0 Å². The van der Waals surface area contributed by atoms with Gasteiger partial charge in [-0.3, -0.25) is 4.90 Å². The Kier molecular flexibility index (Phi) is 1.54. The van der Waals surface area contributed by atoms with Gasteiger partial charge in [-0.25, -0.2) is 0 Å². The van der Waals surface area contributed by atoms with Crippen LogP contribution in [0.4, 0.5) is 0 Å². The van der Waals surface area contributed by atoms with Crippen molar-refractivity contribution in [3.8, 4) is 0 Å². The second-order valence-electron chi connectivity index (χ2n) is 2.60. The van der Waals surface area contributed by atoms with Gasteiger partial charge in [0.05, 0.1) is 0 Å². The van der Waals surface area contributed by atoms with Gasteiger partial charge in [-0.05, 0) is 20.3 Å². The van der Waals surface area contributed by atoms with Crippen molar-refractivity contribution < 1.29 is 5.11 Å². The van der Waals surface area contributed by atoms with Crippen molar-refractivity contribution >= 4 is 0 Å². The van der Waals surface area contributed by atoms with Gasteiger partial charge in [0.25, 0.3) is 0 Å². The van der Waals surface area contributed by atoms with Gasteiger partial charge < -0.3 is 5.11 Å². The summed E-state index contributed by atoms with van der Waals surface area (Å²) >= 11 is 0. The van der Waals surface area contributed by atoms with Gasteiger partial charge >= 0.3 is 0 Å². The van der Waals surface area contributed by atoms with Crippen LogP contribution in [-0.4, -0.2) is 28.8 Å². The maximum absolute atomic E-state index is 9.00. The van der Waals surface area contributed by atoms with E-state index in [1.54, 1.807) is 0 Å². The maximum atomic E-state index is 9.00. The Morgan fingerprint density at radius 3 is 2.25 bits per heavy atom. The van der Waals surface area contributed by atoms with E-state index < -0.39 is 0 Å². The quantitative estimate of drug-likeness (QED) is 0.535. The van der Waals surface area contributed by atoms with Crippen molar-refractivity contribution in [1.29, 1.82) is 0 Å². The highest BCUT2D eigenvalue weighted by Crippen LogP contribution is 2.16. The molecule has 1 aliphatic rings. The first-order valence-electron chi connectivity index (χ1n) is 3.15. The van der Waals surface area contributed by atoms with Gasteiger partial charge in [-0.15, -0.1) is 0 Å². The van der Waals surface area contributed by atoms with Crippen LogP contribution in [0.3, 0.4) is 0 Å². The van der Waals surface area contributed by atoms with Crippen LogP contribution in [0, 0.1) is 0 Å². The third-order valence-corrected chi connectivity index (χ3v) is 1.69. The lowest BCUT2D eigenvalue weighted by molar-refractivity contribution is -0.0917. The molecule has 48 valence electrons. The van der Waals surface area contributed by atoms with Gasteiger partial charge in [-0.2, -0.15) is 0 Å². The van der Waals surface area contributed by atoms with Crippen molar-refractivity contribution in [2.75, 3.05) is 6.54 Å². The number of hydrogen-bond donors (Lipinski definition) is 1. The van der Waals surface area contributed by atoms with Crippen molar-refractivity contribution in [3.05, 3.63) is 0 Å². The van der Waals surface area contributed by atoms with Crippen LogP contribution in [0.1, 0.15) is 20.3 Å². The van der Waals surface area contributed by atoms with Gasteiger partial charge in [0.2, 0.25) is 0 Å². The van der Waals surface area contributed by atoms with Crippen LogP contribution in [0.25, 0.3) is 0 Å². The lowest BCUT2D eigenvalue weighted by Crippen LogP contribution is -2.51.